The normalized spacial score (nSPS) is 19.7. The molecule has 0 spiro atoms. The summed E-state index contributed by atoms with van der Waals surface area (Å²) < 4.78 is 5.53. The molecule has 1 aromatic carbocycles. The zero-order chi connectivity index (χ0) is 31.8. The number of carbonyl (C=O) groups is 4. The van der Waals surface area contributed by atoms with Crippen LogP contribution in [0.2, 0.25) is 0 Å². The number of benzene rings is 1. The Kier molecular flexibility index (Phi) is 12.0. The summed E-state index contributed by atoms with van der Waals surface area (Å²) in [5, 5.41) is 8.90. The third-order valence-corrected chi connectivity index (χ3v) is 8.82. The number of rotatable bonds is 9. The van der Waals surface area contributed by atoms with E-state index in [1.165, 1.54) is 0 Å². The Hall–Kier alpha value is -3.14. The van der Waals surface area contributed by atoms with Crippen molar-refractivity contribution in [3.8, 4) is 0 Å². The lowest BCUT2D eigenvalue weighted by Crippen LogP contribution is -2.60. The molecule has 1 saturated carbocycles. The molecule has 4 amide bonds. The van der Waals surface area contributed by atoms with Crippen molar-refractivity contribution < 1.29 is 23.9 Å². The number of piperazine rings is 1. The molecule has 1 aliphatic carbocycles. The van der Waals surface area contributed by atoms with Crippen LogP contribution in [0.3, 0.4) is 0 Å². The van der Waals surface area contributed by atoms with Gasteiger partial charge in [-0.3, -0.25) is 14.4 Å². The van der Waals surface area contributed by atoms with Crippen LogP contribution in [0.4, 0.5) is 10.5 Å². The summed E-state index contributed by atoms with van der Waals surface area (Å²) in [5.41, 5.74) is -0.368. The van der Waals surface area contributed by atoms with Gasteiger partial charge < -0.3 is 30.5 Å². The van der Waals surface area contributed by atoms with E-state index >= 15 is 0 Å². The molecular formula is C33H53N5O5. The van der Waals surface area contributed by atoms with Crippen LogP contribution in [0, 0.1) is 5.92 Å². The molecule has 1 heterocycles. The lowest BCUT2D eigenvalue weighted by atomic mass is 9.79. The van der Waals surface area contributed by atoms with Gasteiger partial charge in [0.05, 0.1) is 0 Å². The predicted molar refractivity (Wildman–Crippen MR) is 169 cm³/mol. The second-order valence-electron chi connectivity index (χ2n) is 13.4. The zero-order valence-electron chi connectivity index (χ0n) is 27.3. The highest BCUT2D eigenvalue weighted by atomic mass is 16.6. The summed E-state index contributed by atoms with van der Waals surface area (Å²) in [6.45, 7) is 13.8. The fourth-order valence-electron chi connectivity index (χ4n) is 5.94. The van der Waals surface area contributed by atoms with E-state index in [0.717, 1.165) is 57.2 Å². The molecule has 2 fully saturated rings. The molecule has 0 radical (unpaired) electrons. The predicted octanol–water partition coefficient (Wildman–Crippen LogP) is 4.65. The maximum Gasteiger partial charge on any atom is 0.408 e. The lowest BCUT2D eigenvalue weighted by molar-refractivity contribution is -0.138. The summed E-state index contributed by atoms with van der Waals surface area (Å²) in [5.74, 6) is -0.835. The van der Waals surface area contributed by atoms with Crippen molar-refractivity contribution in [1.29, 1.82) is 0 Å². The Morgan fingerprint density at radius 1 is 0.930 bits per heavy atom. The molecule has 3 N–H and O–H groups in total. The fourth-order valence-corrected chi connectivity index (χ4v) is 5.94. The number of alkyl carbamates (subject to hydrolysis) is 1. The number of anilines is 1. The number of likely N-dealkylation sites (N-methyl/N-ethyl adjacent to an activating group) is 1. The Morgan fingerprint density at radius 3 is 2.05 bits per heavy atom. The first kappa shape index (κ1) is 34.4. The van der Waals surface area contributed by atoms with Crippen LogP contribution in [-0.4, -0.2) is 84.0 Å². The van der Waals surface area contributed by atoms with Crippen molar-refractivity contribution in [2.75, 3.05) is 38.5 Å². The average Bonchev–Trinajstić information content (AvgIpc) is 3.25. The number of hydrogen-bond acceptors (Lipinski definition) is 6. The van der Waals surface area contributed by atoms with Crippen LogP contribution in [0.5, 0.6) is 0 Å². The first-order valence-corrected chi connectivity index (χ1v) is 15.9. The van der Waals surface area contributed by atoms with Crippen LogP contribution in [-0.2, 0) is 19.1 Å². The van der Waals surface area contributed by atoms with Gasteiger partial charge in [0.15, 0.2) is 0 Å². The zero-order valence-corrected chi connectivity index (χ0v) is 27.3. The number of nitrogens with one attached hydrogen (secondary N) is 3. The van der Waals surface area contributed by atoms with E-state index < -0.39 is 23.3 Å². The first-order chi connectivity index (χ1) is 20.2. The van der Waals surface area contributed by atoms with Gasteiger partial charge in [-0.1, -0.05) is 51.7 Å². The van der Waals surface area contributed by atoms with Crippen LogP contribution >= 0.6 is 0 Å². The monoisotopic (exact) mass is 599 g/mol. The molecule has 240 valence electrons. The maximum atomic E-state index is 13.8. The minimum atomic E-state index is -1.15. The van der Waals surface area contributed by atoms with Crippen molar-refractivity contribution in [2.24, 2.45) is 5.92 Å². The Bertz CT molecular complexity index is 1100. The van der Waals surface area contributed by atoms with Gasteiger partial charge in [0.2, 0.25) is 17.7 Å². The Balaban J connectivity index is 1.78. The smallest absolute Gasteiger partial charge is 0.408 e. The van der Waals surface area contributed by atoms with Gasteiger partial charge in [-0.25, -0.2) is 4.79 Å². The summed E-state index contributed by atoms with van der Waals surface area (Å²) in [4.78, 5) is 56.6. The average molecular weight is 600 g/mol. The number of carbonyl (C=O) groups excluding carboxylic acids is 4. The molecule has 43 heavy (non-hydrogen) atoms. The van der Waals surface area contributed by atoms with Crippen molar-refractivity contribution in [1.82, 2.24) is 20.4 Å². The Labute approximate surface area is 257 Å². The highest BCUT2D eigenvalue weighted by Crippen LogP contribution is 2.33. The van der Waals surface area contributed by atoms with Crippen molar-refractivity contribution in [2.45, 2.75) is 110 Å². The Morgan fingerprint density at radius 2 is 1.51 bits per heavy atom. The molecule has 3 rings (SSSR count). The molecule has 2 aliphatic rings. The van der Waals surface area contributed by atoms with Gasteiger partial charge in [-0.05, 0) is 71.2 Å². The molecule has 1 aromatic rings. The van der Waals surface area contributed by atoms with Crippen LogP contribution in [0.15, 0.2) is 24.3 Å². The van der Waals surface area contributed by atoms with Gasteiger partial charge in [-0.15, -0.1) is 0 Å². The quantitative estimate of drug-likeness (QED) is 0.356. The van der Waals surface area contributed by atoms with Gasteiger partial charge in [0.1, 0.15) is 17.2 Å². The summed E-state index contributed by atoms with van der Waals surface area (Å²) in [6, 6.07) is 6.70. The highest BCUT2D eigenvalue weighted by molar-refractivity contribution is 6.00. The van der Waals surface area contributed by atoms with E-state index in [0.29, 0.717) is 25.2 Å². The van der Waals surface area contributed by atoms with Gasteiger partial charge in [0.25, 0.3) is 0 Å². The highest BCUT2D eigenvalue weighted by Gasteiger charge is 2.43. The van der Waals surface area contributed by atoms with Gasteiger partial charge in [-0.2, -0.15) is 0 Å². The van der Waals surface area contributed by atoms with E-state index in [2.05, 4.69) is 20.9 Å². The van der Waals surface area contributed by atoms with Crippen LogP contribution < -0.4 is 16.0 Å². The number of hydrogen-bond donors (Lipinski definition) is 3. The molecule has 0 bridgehead atoms. The topological polar surface area (TPSA) is 120 Å². The third-order valence-electron chi connectivity index (χ3n) is 8.82. The van der Waals surface area contributed by atoms with E-state index in [4.69, 9.17) is 4.74 Å². The van der Waals surface area contributed by atoms with E-state index in [-0.39, 0.29) is 29.6 Å². The standard InChI is InChI=1S/C33H53N5O5/c1-8-27(39)35-28(29(40)38-21-19-37(7)20-22-38)23(2)24-15-17-26(18-16-24)34-30(41)33(6,25-13-11-9-10-12-14-25)36-31(42)43-32(3,4)5/h15-18,23,25,28H,8-14,19-22H2,1-7H3,(H,34,41)(H,35,39)(H,36,42)/t23-,28+,33+/m0/s1. The summed E-state index contributed by atoms with van der Waals surface area (Å²) in [7, 11) is 2.04. The molecule has 1 aliphatic heterocycles. The fraction of sp³-hybridized carbons (Fsp3) is 0.697. The van der Waals surface area contributed by atoms with E-state index in [9.17, 15) is 19.2 Å². The summed E-state index contributed by atoms with van der Waals surface area (Å²) >= 11 is 0. The largest absolute Gasteiger partial charge is 0.444 e. The molecule has 1 saturated heterocycles. The van der Waals surface area contributed by atoms with Crippen molar-refractivity contribution >= 4 is 29.5 Å². The maximum absolute atomic E-state index is 13.8. The molecule has 10 nitrogen and oxygen atoms in total. The van der Waals surface area contributed by atoms with Gasteiger partial charge in [0, 0.05) is 44.2 Å². The van der Waals surface area contributed by atoms with Crippen LogP contribution in [0.1, 0.15) is 98.0 Å². The minimum absolute atomic E-state index is 0.0228. The molecular weight excluding hydrogens is 546 g/mol. The van der Waals surface area contributed by atoms with Crippen molar-refractivity contribution in [3.63, 3.8) is 0 Å². The van der Waals surface area contributed by atoms with Gasteiger partial charge >= 0.3 is 6.09 Å². The molecule has 0 unspecified atom stereocenters. The molecule has 10 heteroatoms. The molecule has 3 atom stereocenters. The van der Waals surface area contributed by atoms with E-state index in [1.807, 2.05) is 43.1 Å². The third kappa shape index (κ3) is 9.68. The number of amides is 4. The van der Waals surface area contributed by atoms with Crippen LogP contribution in [0.25, 0.3) is 0 Å². The minimum Gasteiger partial charge on any atom is -0.444 e. The lowest BCUT2D eigenvalue weighted by Gasteiger charge is -2.37. The first-order valence-electron chi connectivity index (χ1n) is 15.9. The van der Waals surface area contributed by atoms with E-state index in [1.54, 1.807) is 34.6 Å². The SMILES string of the molecule is CCC(=O)N[C@@H](C(=O)N1CCN(C)CC1)[C@@H](C)c1ccc(NC(=O)[C@](C)(NC(=O)OC(C)(C)C)C2CCCCCC2)cc1. The summed E-state index contributed by atoms with van der Waals surface area (Å²) in [6.07, 6.45) is 5.65. The van der Waals surface area contributed by atoms with Crippen molar-refractivity contribution in [3.05, 3.63) is 29.8 Å². The number of nitrogens with zero attached hydrogens (tertiary/aromatic N) is 2. The second kappa shape index (κ2) is 15.0. The second-order valence-corrected chi connectivity index (χ2v) is 13.4. The molecule has 0 aromatic heterocycles. The number of ether oxygens (including phenoxy) is 1.